The summed E-state index contributed by atoms with van der Waals surface area (Å²) in [4.78, 5) is 32.5. The highest BCUT2D eigenvalue weighted by atomic mass is 19.1. The topological polar surface area (TPSA) is 90.4 Å². The molecular weight excluding hydrogens is 399 g/mol. The van der Waals surface area contributed by atoms with Gasteiger partial charge in [-0.2, -0.15) is 0 Å². The molecule has 1 atom stereocenters. The van der Waals surface area contributed by atoms with Gasteiger partial charge in [-0.1, -0.05) is 18.2 Å². The quantitative estimate of drug-likeness (QED) is 0.634. The van der Waals surface area contributed by atoms with Gasteiger partial charge in [0.25, 0.3) is 5.56 Å². The number of rotatable bonds is 5. The largest absolute Gasteiger partial charge is 0.462 e. The molecule has 1 aliphatic rings. The molecule has 8 heteroatoms. The van der Waals surface area contributed by atoms with Crippen LogP contribution in [0.3, 0.4) is 0 Å². The fraction of sp³-hybridized carbons (Fsp3) is 0.348. The second-order valence-corrected chi connectivity index (χ2v) is 7.69. The molecule has 4 rings (SSSR count). The van der Waals surface area contributed by atoms with Crippen molar-refractivity contribution in [2.24, 2.45) is 5.73 Å². The Labute approximate surface area is 179 Å². The molecular formula is C23H25FN4O3. The summed E-state index contributed by atoms with van der Waals surface area (Å²) in [7, 11) is 0. The fourth-order valence-corrected chi connectivity index (χ4v) is 3.99. The lowest BCUT2D eigenvalue weighted by atomic mass is 10.1. The van der Waals surface area contributed by atoms with E-state index in [1.54, 1.807) is 31.2 Å². The van der Waals surface area contributed by atoms with Gasteiger partial charge in [0.2, 0.25) is 5.95 Å². The molecule has 1 fully saturated rings. The summed E-state index contributed by atoms with van der Waals surface area (Å²) in [6, 6.07) is 11.0. The molecule has 2 heterocycles. The van der Waals surface area contributed by atoms with E-state index in [-0.39, 0.29) is 30.1 Å². The van der Waals surface area contributed by atoms with Gasteiger partial charge in [-0.25, -0.2) is 14.2 Å². The van der Waals surface area contributed by atoms with E-state index in [0.29, 0.717) is 35.7 Å². The number of esters is 1. The van der Waals surface area contributed by atoms with Crippen LogP contribution in [0.4, 0.5) is 10.3 Å². The number of halogens is 1. The molecule has 31 heavy (non-hydrogen) atoms. The highest BCUT2D eigenvalue weighted by Crippen LogP contribution is 2.22. The number of aromatic nitrogens is 2. The van der Waals surface area contributed by atoms with E-state index in [2.05, 4.69) is 0 Å². The molecule has 0 bridgehead atoms. The Hall–Kier alpha value is -3.26. The van der Waals surface area contributed by atoms with Gasteiger partial charge in [0.15, 0.2) is 0 Å². The maximum atomic E-state index is 13.9. The molecule has 1 aliphatic heterocycles. The number of hydrogen-bond donors (Lipinski definition) is 1. The Bertz CT molecular complexity index is 1180. The first kappa shape index (κ1) is 21.0. The zero-order valence-corrected chi connectivity index (χ0v) is 17.4. The summed E-state index contributed by atoms with van der Waals surface area (Å²) in [5.41, 5.74) is 7.24. The van der Waals surface area contributed by atoms with E-state index in [1.807, 2.05) is 4.90 Å². The van der Waals surface area contributed by atoms with E-state index in [9.17, 15) is 14.0 Å². The average Bonchev–Trinajstić information content (AvgIpc) is 2.76. The van der Waals surface area contributed by atoms with Gasteiger partial charge >= 0.3 is 5.97 Å². The van der Waals surface area contributed by atoms with Crippen molar-refractivity contribution in [1.82, 2.24) is 9.55 Å². The Kier molecular flexibility index (Phi) is 5.99. The standard InChI is InChI=1S/C23H25FN4O3/c1-2-31-22(30)18-8-4-3-6-15(18)13-28-21(29)19-12-16(24)9-10-20(19)26-23(28)27-11-5-7-17(25)14-27/h3-4,6,8-10,12,17H,2,5,7,11,13-14,25H2,1H3/t17-/m1/s1. The predicted octanol–water partition coefficient (Wildman–Crippen LogP) is 2.69. The van der Waals surface area contributed by atoms with Crippen LogP contribution in [-0.2, 0) is 11.3 Å². The summed E-state index contributed by atoms with van der Waals surface area (Å²) in [5, 5.41) is 0.193. The molecule has 162 valence electrons. The number of nitrogens with two attached hydrogens (primary N) is 1. The van der Waals surface area contributed by atoms with Crippen LogP contribution in [0, 0.1) is 5.82 Å². The van der Waals surface area contributed by atoms with E-state index in [1.165, 1.54) is 22.8 Å². The van der Waals surface area contributed by atoms with Gasteiger partial charge in [-0.3, -0.25) is 9.36 Å². The highest BCUT2D eigenvalue weighted by Gasteiger charge is 2.24. The van der Waals surface area contributed by atoms with Crippen LogP contribution in [0.2, 0.25) is 0 Å². The average molecular weight is 424 g/mol. The minimum absolute atomic E-state index is 0.0187. The van der Waals surface area contributed by atoms with E-state index in [0.717, 1.165) is 12.8 Å². The molecule has 0 amide bonds. The zero-order valence-electron chi connectivity index (χ0n) is 17.4. The maximum Gasteiger partial charge on any atom is 0.338 e. The second kappa shape index (κ2) is 8.85. The summed E-state index contributed by atoms with van der Waals surface area (Å²) in [5.74, 6) is -0.483. The lowest BCUT2D eigenvalue weighted by molar-refractivity contribution is 0.0525. The third-order valence-electron chi connectivity index (χ3n) is 5.48. The number of hydrogen-bond acceptors (Lipinski definition) is 6. The first-order chi connectivity index (χ1) is 15.0. The Morgan fingerprint density at radius 2 is 2.10 bits per heavy atom. The number of ether oxygens (including phenoxy) is 1. The number of carbonyl (C=O) groups excluding carboxylic acids is 1. The van der Waals surface area contributed by atoms with Gasteiger partial charge in [0, 0.05) is 19.1 Å². The predicted molar refractivity (Wildman–Crippen MR) is 117 cm³/mol. The van der Waals surface area contributed by atoms with Crippen molar-refractivity contribution in [2.75, 3.05) is 24.6 Å². The van der Waals surface area contributed by atoms with Crippen LogP contribution in [0.5, 0.6) is 0 Å². The number of benzene rings is 2. The number of fused-ring (bicyclic) bond motifs is 1. The minimum atomic E-state index is -0.502. The summed E-state index contributed by atoms with van der Waals surface area (Å²) < 4.78 is 20.5. The maximum absolute atomic E-state index is 13.9. The van der Waals surface area contributed by atoms with E-state index >= 15 is 0 Å². The molecule has 0 unspecified atom stereocenters. The smallest absolute Gasteiger partial charge is 0.338 e. The van der Waals surface area contributed by atoms with Crippen LogP contribution in [0.25, 0.3) is 10.9 Å². The molecule has 7 nitrogen and oxygen atoms in total. The van der Waals surface area contributed by atoms with Crippen LogP contribution in [-0.4, -0.2) is 41.3 Å². The van der Waals surface area contributed by atoms with Crippen molar-refractivity contribution in [1.29, 1.82) is 0 Å². The Morgan fingerprint density at radius 3 is 2.87 bits per heavy atom. The second-order valence-electron chi connectivity index (χ2n) is 7.69. The lowest BCUT2D eigenvalue weighted by Gasteiger charge is -2.33. The van der Waals surface area contributed by atoms with Crippen LogP contribution in [0.15, 0.2) is 47.3 Å². The molecule has 0 radical (unpaired) electrons. The first-order valence-electron chi connectivity index (χ1n) is 10.4. The van der Waals surface area contributed by atoms with Gasteiger partial charge in [-0.05, 0) is 49.6 Å². The fourth-order valence-electron chi connectivity index (χ4n) is 3.99. The number of carbonyl (C=O) groups is 1. The van der Waals surface area contributed by atoms with Crippen molar-refractivity contribution in [2.45, 2.75) is 32.4 Å². The van der Waals surface area contributed by atoms with Gasteiger partial charge in [0.05, 0.1) is 29.6 Å². The van der Waals surface area contributed by atoms with Crippen LogP contribution in [0.1, 0.15) is 35.7 Å². The van der Waals surface area contributed by atoms with Crippen molar-refractivity contribution in [3.63, 3.8) is 0 Å². The van der Waals surface area contributed by atoms with Gasteiger partial charge in [0.1, 0.15) is 5.82 Å². The molecule has 2 N–H and O–H groups in total. The third kappa shape index (κ3) is 4.29. The minimum Gasteiger partial charge on any atom is -0.462 e. The molecule has 0 saturated carbocycles. The molecule has 2 aromatic carbocycles. The summed E-state index contributed by atoms with van der Waals surface area (Å²) in [6.45, 7) is 3.38. The summed E-state index contributed by atoms with van der Waals surface area (Å²) in [6.07, 6.45) is 1.79. The van der Waals surface area contributed by atoms with Crippen molar-refractivity contribution in [3.05, 3.63) is 69.8 Å². The van der Waals surface area contributed by atoms with Crippen LogP contribution >= 0.6 is 0 Å². The van der Waals surface area contributed by atoms with Crippen molar-refractivity contribution >= 4 is 22.8 Å². The van der Waals surface area contributed by atoms with Crippen LogP contribution < -0.4 is 16.2 Å². The van der Waals surface area contributed by atoms with Gasteiger partial charge in [-0.15, -0.1) is 0 Å². The van der Waals surface area contributed by atoms with E-state index < -0.39 is 11.8 Å². The van der Waals surface area contributed by atoms with Crippen molar-refractivity contribution in [3.8, 4) is 0 Å². The first-order valence-corrected chi connectivity index (χ1v) is 10.4. The molecule has 3 aromatic rings. The molecule has 1 aromatic heterocycles. The lowest BCUT2D eigenvalue weighted by Crippen LogP contribution is -2.45. The monoisotopic (exact) mass is 424 g/mol. The number of anilines is 1. The van der Waals surface area contributed by atoms with E-state index in [4.69, 9.17) is 15.5 Å². The Balaban J connectivity index is 1.86. The number of piperidine rings is 1. The number of nitrogens with zero attached hydrogens (tertiary/aromatic N) is 3. The van der Waals surface area contributed by atoms with Crippen molar-refractivity contribution < 1.29 is 13.9 Å². The molecule has 1 saturated heterocycles. The zero-order chi connectivity index (χ0) is 22.0. The normalized spacial score (nSPS) is 16.5. The molecule has 0 aliphatic carbocycles. The SMILES string of the molecule is CCOC(=O)c1ccccc1Cn1c(N2CCC[C@@H](N)C2)nc2ccc(F)cc2c1=O. The molecule has 0 spiro atoms. The third-order valence-corrected chi connectivity index (χ3v) is 5.48. The van der Waals surface area contributed by atoms with Gasteiger partial charge < -0.3 is 15.4 Å². The summed E-state index contributed by atoms with van der Waals surface area (Å²) >= 11 is 0. The highest BCUT2D eigenvalue weighted by molar-refractivity contribution is 5.91. The Morgan fingerprint density at radius 1 is 1.29 bits per heavy atom.